The third-order valence-electron chi connectivity index (χ3n) is 2.91. The van der Waals surface area contributed by atoms with Gasteiger partial charge in [-0.05, 0) is 31.0 Å². The Labute approximate surface area is 102 Å². The first kappa shape index (κ1) is 12.3. The summed E-state index contributed by atoms with van der Waals surface area (Å²) in [5.41, 5.74) is 8.22. The number of rotatable bonds is 2. The number of aryl methyl sites for hydroxylation is 2. The molecule has 0 aromatic heterocycles. The molecular weight excluding hydrogens is 238 g/mol. The van der Waals surface area contributed by atoms with Crippen LogP contribution in [0.1, 0.15) is 11.1 Å². The summed E-state index contributed by atoms with van der Waals surface area (Å²) in [5.74, 6) is 0. The maximum Gasteiger partial charge on any atom is 0.301 e. The van der Waals surface area contributed by atoms with Gasteiger partial charge in [-0.3, -0.25) is 4.31 Å². The lowest BCUT2D eigenvalue weighted by Crippen LogP contribution is -2.34. The Morgan fingerprint density at radius 2 is 2.18 bits per heavy atom. The van der Waals surface area contributed by atoms with Gasteiger partial charge in [0.25, 0.3) is 0 Å². The monoisotopic (exact) mass is 255 g/mol. The Balaban J connectivity index is 2.43. The minimum Gasteiger partial charge on any atom is -0.329 e. The van der Waals surface area contributed by atoms with Gasteiger partial charge in [-0.2, -0.15) is 13.1 Å². The topological polar surface area (TPSA) is 75.4 Å². The average Bonchev–Trinajstić information content (AvgIpc) is 2.57. The first-order chi connectivity index (χ1) is 7.94. The summed E-state index contributed by atoms with van der Waals surface area (Å²) in [6, 6.07) is 5.57. The number of hydrogen-bond donors (Lipinski definition) is 2. The van der Waals surface area contributed by atoms with Crippen molar-refractivity contribution in [1.29, 1.82) is 0 Å². The number of benzene rings is 1. The van der Waals surface area contributed by atoms with Crippen molar-refractivity contribution < 1.29 is 8.42 Å². The Bertz CT molecular complexity index is 528. The zero-order valence-corrected chi connectivity index (χ0v) is 10.8. The molecule has 0 spiro atoms. The van der Waals surface area contributed by atoms with Gasteiger partial charge in [-0.15, -0.1) is 0 Å². The maximum atomic E-state index is 12.0. The van der Waals surface area contributed by atoms with Crippen LogP contribution in [0.2, 0.25) is 0 Å². The molecule has 1 aliphatic heterocycles. The molecule has 1 aromatic carbocycles. The zero-order valence-electron chi connectivity index (χ0n) is 9.97. The summed E-state index contributed by atoms with van der Waals surface area (Å²) >= 11 is 0. The molecule has 6 heteroatoms. The zero-order chi connectivity index (χ0) is 12.6. The summed E-state index contributed by atoms with van der Waals surface area (Å²) in [5, 5.41) is 0. The van der Waals surface area contributed by atoms with Gasteiger partial charge in [0.15, 0.2) is 0 Å². The summed E-state index contributed by atoms with van der Waals surface area (Å²) < 4.78 is 27.9. The molecule has 1 saturated heterocycles. The lowest BCUT2D eigenvalue weighted by molar-refractivity contribution is 0.583. The molecular formula is C11H17N3O2S. The van der Waals surface area contributed by atoms with Crippen molar-refractivity contribution in [2.75, 3.05) is 17.4 Å². The number of nitrogens with two attached hydrogens (primary N) is 1. The van der Waals surface area contributed by atoms with E-state index in [9.17, 15) is 8.42 Å². The van der Waals surface area contributed by atoms with Crippen LogP contribution >= 0.6 is 0 Å². The van der Waals surface area contributed by atoms with Crippen molar-refractivity contribution in [2.45, 2.75) is 19.9 Å². The van der Waals surface area contributed by atoms with E-state index in [1.54, 1.807) is 0 Å². The molecule has 5 nitrogen and oxygen atoms in total. The van der Waals surface area contributed by atoms with E-state index in [4.69, 9.17) is 5.73 Å². The van der Waals surface area contributed by atoms with Crippen molar-refractivity contribution in [2.24, 2.45) is 5.73 Å². The highest BCUT2D eigenvalue weighted by atomic mass is 32.2. The number of nitrogens with zero attached hydrogens (tertiary/aromatic N) is 1. The standard InChI is InChI=1S/C11H17N3O2S/c1-8-3-4-9(2)11(5-8)14-7-10(6-12)13-17(14,15)16/h3-5,10,13H,6-7,12H2,1-2H3. The molecule has 1 aromatic rings. The van der Waals surface area contributed by atoms with Crippen LogP contribution in [0.3, 0.4) is 0 Å². The predicted molar refractivity (Wildman–Crippen MR) is 68.2 cm³/mol. The van der Waals surface area contributed by atoms with Crippen molar-refractivity contribution in [3.05, 3.63) is 29.3 Å². The van der Waals surface area contributed by atoms with E-state index >= 15 is 0 Å². The molecule has 1 aliphatic rings. The fraction of sp³-hybridized carbons (Fsp3) is 0.455. The predicted octanol–water partition coefficient (Wildman–Crippen LogP) is 0.285. The molecule has 0 radical (unpaired) electrons. The van der Waals surface area contributed by atoms with Gasteiger partial charge in [0.1, 0.15) is 0 Å². The van der Waals surface area contributed by atoms with Crippen LogP contribution < -0.4 is 14.8 Å². The maximum absolute atomic E-state index is 12.0. The minimum absolute atomic E-state index is 0.208. The molecule has 94 valence electrons. The molecule has 0 aliphatic carbocycles. The molecule has 0 saturated carbocycles. The Kier molecular flexibility index (Phi) is 3.11. The molecule has 0 amide bonds. The lowest BCUT2D eigenvalue weighted by atomic mass is 10.1. The third-order valence-corrected chi connectivity index (χ3v) is 4.47. The minimum atomic E-state index is -3.44. The van der Waals surface area contributed by atoms with E-state index in [0.717, 1.165) is 16.8 Å². The van der Waals surface area contributed by atoms with E-state index in [1.165, 1.54) is 4.31 Å². The van der Waals surface area contributed by atoms with E-state index in [1.807, 2.05) is 32.0 Å². The Morgan fingerprint density at radius 3 is 2.76 bits per heavy atom. The molecule has 17 heavy (non-hydrogen) atoms. The first-order valence-corrected chi connectivity index (χ1v) is 6.95. The molecule has 1 atom stereocenters. The average molecular weight is 255 g/mol. The van der Waals surface area contributed by atoms with E-state index in [2.05, 4.69) is 4.72 Å². The largest absolute Gasteiger partial charge is 0.329 e. The van der Waals surface area contributed by atoms with Gasteiger partial charge >= 0.3 is 10.2 Å². The highest BCUT2D eigenvalue weighted by Gasteiger charge is 2.35. The Hall–Kier alpha value is -1.11. The lowest BCUT2D eigenvalue weighted by Gasteiger charge is -2.18. The first-order valence-electron chi connectivity index (χ1n) is 5.51. The molecule has 3 N–H and O–H groups in total. The van der Waals surface area contributed by atoms with Gasteiger partial charge in [0.05, 0.1) is 18.3 Å². The van der Waals surface area contributed by atoms with Crippen LogP contribution in [0.15, 0.2) is 18.2 Å². The Morgan fingerprint density at radius 1 is 1.47 bits per heavy atom. The number of anilines is 1. The molecule has 1 fully saturated rings. The third kappa shape index (κ3) is 2.29. The van der Waals surface area contributed by atoms with Gasteiger partial charge in [-0.25, -0.2) is 0 Å². The fourth-order valence-corrected chi connectivity index (χ4v) is 3.50. The van der Waals surface area contributed by atoms with E-state index in [-0.39, 0.29) is 6.04 Å². The number of hydrogen-bond acceptors (Lipinski definition) is 3. The molecule has 1 unspecified atom stereocenters. The van der Waals surface area contributed by atoms with Crippen LogP contribution in [0, 0.1) is 13.8 Å². The molecule has 1 heterocycles. The van der Waals surface area contributed by atoms with Gasteiger partial charge in [0.2, 0.25) is 0 Å². The summed E-state index contributed by atoms with van der Waals surface area (Å²) in [7, 11) is -3.44. The summed E-state index contributed by atoms with van der Waals surface area (Å²) in [6.45, 7) is 4.54. The van der Waals surface area contributed by atoms with Crippen molar-refractivity contribution in [3.8, 4) is 0 Å². The highest BCUT2D eigenvalue weighted by molar-refractivity contribution is 7.91. The van der Waals surface area contributed by atoms with E-state index < -0.39 is 10.2 Å². The summed E-state index contributed by atoms with van der Waals surface area (Å²) in [4.78, 5) is 0. The van der Waals surface area contributed by atoms with Crippen LogP contribution in [0.25, 0.3) is 0 Å². The van der Waals surface area contributed by atoms with Gasteiger partial charge in [0, 0.05) is 6.54 Å². The normalized spacial score (nSPS) is 23.0. The number of nitrogens with one attached hydrogen (secondary N) is 1. The second-order valence-corrected chi connectivity index (χ2v) is 6.00. The quantitative estimate of drug-likeness (QED) is 0.797. The second kappa shape index (κ2) is 4.29. The van der Waals surface area contributed by atoms with Gasteiger partial charge in [-0.1, -0.05) is 12.1 Å². The SMILES string of the molecule is Cc1ccc(C)c(N2CC(CN)NS2(=O)=O)c1. The van der Waals surface area contributed by atoms with Crippen LogP contribution in [-0.2, 0) is 10.2 Å². The van der Waals surface area contributed by atoms with Crippen molar-refractivity contribution >= 4 is 15.9 Å². The molecule has 2 rings (SSSR count). The summed E-state index contributed by atoms with van der Waals surface area (Å²) in [6.07, 6.45) is 0. The highest BCUT2D eigenvalue weighted by Crippen LogP contribution is 2.26. The van der Waals surface area contributed by atoms with E-state index in [0.29, 0.717) is 13.1 Å². The van der Waals surface area contributed by atoms with Crippen LogP contribution in [-0.4, -0.2) is 27.5 Å². The van der Waals surface area contributed by atoms with Crippen LogP contribution in [0.4, 0.5) is 5.69 Å². The fourth-order valence-electron chi connectivity index (χ4n) is 1.95. The van der Waals surface area contributed by atoms with Crippen LogP contribution in [0.5, 0.6) is 0 Å². The second-order valence-electron chi connectivity index (χ2n) is 4.38. The smallest absolute Gasteiger partial charge is 0.301 e. The van der Waals surface area contributed by atoms with Gasteiger partial charge < -0.3 is 5.73 Å². The molecule has 0 bridgehead atoms. The van der Waals surface area contributed by atoms with Crippen molar-refractivity contribution in [3.63, 3.8) is 0 Å². The van der Waals surface area contributed by atoms with Crippen molar-refractivity contribution in [1.82, 2.24) is 4.72 Å².